The molecule has 0 atom stereocenters. The summed E-state index contributed by atoms with van der Waals surface area (Å²) in [5.41, 5.74) is 0.598. The van der Waals surface area contributed by atoms with Gasteiger partial charge in [0.2, 0.25) is 0 Å². The number of carbonyl (C=O) groups is 1. The number of carboxylic acids is 1. The lowest BCUT2D eigenvalue weighted by atomic mass is 9.33. The maximum absolute atomic E-state index is 12.6. The van der Waals surface area contributed by atoms with Crippen molar-refractivity contribution in [1.82, 2.24) is 0 Å². The third-order valence-corrected chi connectivity index (χ3v) is 6.55. The molecular weight excluding hydrogens is 356 g/mol. The first-order chi connectivity index (χ1) is 13.5. The zero-order chi connectivity index (χ0) is 19.5. The first-order valence-electron chi connectivity index (χ1n) is 9.84. The van der Waals surface area contributed by atoms with Gasteiger partial charge in [-0.1, -0.05) is 25.5 Å². The van der Waals surface area contributed by atoms with Crippen molar-refractivity contribution in [1.29, 1.82) is 0 Å². The van der Waals surface area contributed by atoms with Crippen molar-refractivity contribution in [3.8, 4) is 5.75 Å². The van der Waals surface area contributed by atoms with Crippen LogP contribution in [0.1, 0.15) is 44.6 Å². The lowest BCUT2D eigenvalue weighted by molar-refractivity contribution is -0.194. The molecule has 3 fully saturated rings. The Morgan fingerprint density at radius 3 is 2.57 bits per heavy atom. The predicted octanol–water partition coefficient (Wildman–Crippen LogP) is 4.63. The summed E-state index contributed by atoms with van der Waals surface area (Å²) in [5, 5.41) is 11.6. The molecule has 2 aromatic carbocycles. The first kappa shape index (κ1) is 17.3. The van der Waals surface area contributed by atoms with Crippen molar-refractivity contribution in [2.45, 2.75) is 44.4 Å². The Labute approximate surface area is 161 Å². The fourth-order valence-electron chi connectivity index (χ4n) is 4.99. The molecule has 0 radical (unpaired) electrons. The third kappa shape index (κ3) is 2.32. The van der Waals surface area contributed by atoms with Gasteiger partial charge in [0.25, 0.3) is 0 Å². The zero-order valence-electron chi connectivity index (χ0n) is 15.8. The highest BCUT2D eigenvalue weighted by molar-refractivity contribution is 6.04. The van der Waals surface area contributed by atoms with Crippen molar-refractivity contribution < 1.29 is 19.1 Å². The van der Waals surface area contributed by atoms with E-state index in [1.54, 1.807) is 6.07 Å². The summed E-state index contributed by atoms with van der Waals surface area (Å²) in [6.45, 7) is 2.75. The van der Waals surface area contributed by atoms with E-state index in [1.807, 2.05) is 30.3 Å². The first-order valence-corrected chi connectivity index (χ1v) is 9.84. The van der Waals surface area contributed by atoms with Gasteiger partial charge in [0.1, 0.15) is 11.3 Å². The molecule has 1 aromatic heterocycles. The maximum Gasteiger partial charge on any atom is 0.344 e. The molecule has 1 N–H and O–H groups in total. The quantitative estimate of drug-likeness (QED) is 0.384. The van der Waals surface area contributed by atoms with E-state index in [9.17, 15) is 14.7 Å². The topological polar surface area (TPSA) is 76.7 Å². The van der Waals surface area contributed by atoms with Gasteiger partial charge in [0.15, 0.2) is 0 Å². The molecule has 0 spiro atoms. The molecular formula is C23H22O5. The van der Waals surface area contributed by atoms with Crippen LogP contribution in [0.4, 0.5) is 0 Å². The molecule has 5 nitrogen and oxygen atoms in total. The van der Waals surface area contributed by atoms with Crippen LogP contribution in [0.5, 0.6) is 5.75 Å². The Kier molecular flexibility index (Phi) is 3.60. The molecule has 0 unspecified atom stereocenters. The minimum Gasteiger partial charge on any atom is -0.493 e. The van der Waals surface area contributed by atoms with Crippen LogP contribution in [0.15, 0.2) is 45.6 Å². The standard InChI is InChI=1S/C23H22O5/c1-2-3-8-27-15-5-7-17-16-6-4-14(9-18(16)20(24)28-19(17)10-15)22-11-23(12-22,13-22)21(25)26/h4-7,9-10H,2-3,8,11-13H2,1H3,(H,25,26). The Morgan fingerprint density at radius 1 is 1.11 bits per heavy atom. The SMILES string of the molecule is CCCCOc1ccc2c(c1)oc(=O)c1cc(C34CC(C(=O)O)(C3)C4)ccc12. The Morgan fingerprint density at radius 2 is 1.86 bits per heavy atom. The van der Waals surface area contributed by atoms with E-state index < -0.39 is 11.4 Å². The lowest BCUT2D eigenvalue weighted by Gasteiger charge is -2.68. The summed E-state index contributed by atoms with van der Waals surface area (Å²) >= 11 is 0. The van der Waals surface area contributed by atoms with Gasteiger partial charge in [-0.3, -0.25) is 4.79 Å². The van der Waals surface area contributed by atoms with E-state index in [1.165, 1.54) is 0 Å². The maximum atomic E-state index is 12.6. The van der Waals surface area contributed by atoms with Crippen LogP contribution in [0.25, 0.3) is 21.7 Å². The van der Waals surface area contributed by atoms with Gasteiger partial charge in [-0.05, 0) is 60.2 Å². The summed E-state index contributed by atoms with van der Waals surface area (Å²) in [4.78, 5) is 24.0. The van der Waals surface area contributed by atoms with Gasteiger partial charge in [-0.15, -0.1) is 0 Å². The fourth-order valence-corrected chi connectivity index (χ4v) is 4.99. The molecule has 2 bridgehead atoms. The molecule has 3 aliphatic carbocycles. The minimum absolute atomic E-state index is 0.0784. The van der Waals surface area contributed by atoms with Gasteiger partial charge in [0.05, 0.1) is 17.4 Å². The van der Waals surface area contributed by atoms with Gasteiger partial charge in [0, 0.05) is 11.5 Å². The van der Waals surface area contributed by atoms with Crippen molar-refractivity contribution in [3.63, 3.8) is 0 Å². The Balaban J connectivity index is 1.52. The van der Waals surface area contributed by atoms with Crippen LogP contribution < -0.4 is 10.4 Å². The van der Waals surface area contributed by atoms with E-state index in [2.05, 4.69) is 6.92 Å². The van der Waals surface area contributed by atoms with Crippen LogP contribution in [-0.4, -0.2) is 17.7 Å². The number of hydrogen-bond acceptors (Lipinski definition) is 4. The Bertz CT molecular complexity index is 1150. The average molecular weight is 378 g/mol. The third-order valence-electron chi connectivity index (χ3n) is 6.55. The molecule has 3 saturated carbocycles. The number of fused-ring (bicyclic) bond motifs is 3. The lowest BCUT2D eigenvalue weighted by Crippen LogP contribution is -2.67. The molecule has 0 amide bonds. The van der Waals surface area contributed by atoms with Crippen LogP contribution >= 0.6 is 0 Å². The highest BCUT2D eigenvalue weighted by atomic mass is 16.5. The highest BCUT2D eigenvalue weighted by Crippen LogP contribution is 2.73. The summed E-state index contributed by atoms with van der Waals surface area (Å²) in [5.74, 6) is 0.00513. The van der Waals surface area contributed by atoms with Crippen LogP contribution in [-0.2, 0) is 10.2 Å². The van der Waals surface area contributed by atoms with Gasteiger partial charge in [-0.25, -0.2) is 4.79 Å². The highest BCUT2D eigenvalue weighted by Gasteiger charge is 2.72. The monoisotopic (exact) mass is 378 g/mol. The molecule has 28 heavy (non-hydrogen) atoms. The van der Waals surface area contributed by atoms with Crippen molar-refractivity contribution >= 4 is 27.7 Å². The number of carboxylic acid groups (broad SMARTS) is 1. The molecule has 3 aliphatic rings. The summed E-state index contributed by atoms with van der Waals surface area (Å²) in [7, 11) is 0. The van der Waals surface area contributed by atoms with Crippen molar-refractivity contribution in [2.75, 3.05) is 6.61 Å². The minimum atomic E-state index is -0.697. The van der Waals surface area contributed by atoms with Gasteiger partial charge < -0.3 is 14.3 Å². The molecule has 5 heteroatoms. The fraction of sp³-hybridized carbons (Fsp3) is 0.391. The van der Waals surface area contributed by atoms with Crippen LogP contribution in [0, 0.1) is 5.41 Å². The summed E-state index contributed by atoms with van der Waals surface area (Å²) in [6.07, 6.45) is 4.03. The summed E-state index contributed by atoms with van der Waals surface area (Å²) < 4.78 is 11.3. The van der Waals surface area contributed by atoms with Gasteiger partial charge in [-0.2, -0.15) is 0 Å². The second-order valence-electron chi connectivity index (χ2n) is 8.41. The Hall–Kier alpha value is -2.82. The normalized spacial score (nSPS) is 25.3. The number of benzene rings is 2. The number of rotatable bonds is 6. The van der Waals surface area contributed by atoms with Crippen LogP contribution in [0.2, 0.25) is 0 Å². The largest absolute Gasteiger partial charge is 0.493 e. The molecule has 144 valence electrons. The van der Waals surface area contributed by atoms with Crippen molar-refractivity contribution in [2.24, 2.45) is 5.41 Å². The second-order valence-corrected chi connectivity index (χ2v) is 8.41. The van der Waals surface area contributed by atoms with E-state index in [4.69, 9.17) is 9.15 Å². The second kappa shape index (κ2) is 5.84. The summed E-state index contributed by atoms with van der Waals surface area (Å²) in [6, 6.07) is 11.5. The molecule has 0 saturated heterocycles. The smallest absolute Gasteiger partial charge is 0.344 e. The number of hydrogen-bond donors (Lipinski definition) is 1. The number of ether oxygens (including phenoxy) is 1. The molecule has 0 aliphatic heterocycles. The van der Waals surface area contributed by atoms with E-state index in [-0.39, 0.29) is 11.0 Å². The molecule has 6 rings (SSSR count). The van der Waals surface area contributed by atoms with E-state index >= 15 is 0 Å². The van der Waals surface area contributed by atoms with E-state index in [0.29, 0.717) is 42.6 Å². The predicted molar refractivity (Wildman–Crippen MR) is 106 cm³/mol. The molecule has 1 heterocycles. The molecule has 3 aromatic rings. The number of unbranched alkanes of at least 4 members (excludes halogenated alkanes) is 1. The number of aliphatic carboxylic acids is 1. The van der Waals surface area contributed by atoms with Crippen LogP contribution in [0.3, 0.4) is 0 Å². The van der Waals surface area contributed by atoms with Crippen molar-refractivity contribution in [3.05, 3.63) is 52.4 Å². The van der Waals surface area contributed by atoms with Gasteiger partial charge >= 0.3 is 11.6 Å². The zero-order valence-corrected chi connectivity index (χ0v) is 15.8. The average Bonchev–Trinajstić information content (AvgIpc) is 2.59. The van der Waals surface area contributed by atoms with E-state index in [0.717, 1.165) is 29.2 Å².